The Morgan fingerprint density at radius 1 is 1.00 bits per heavy atom. The number of imide groups is 1. The number of carbonyl (C=O) groups excluding carboxylic acids is 3. The Hall–Kier alpha value is -2.37. The van der Waals surface area contributed by atoms with Crippen molar-refractivity contribution in [2.24, 2.45) is 11.8 Å². The summed E-state index contributed by atoms with van der Waals surface area (Å²) in [5, 5.41) is 0. The third kappa shape index (κ3) is 3.77. The van der Waals surface area contributed by atoms with Gasteiger partial charge in [-0.15, -0.1) is 0 Å². The van der Waals surface area contributed by atoms with Crippen LogP contribution in [-0.2, 0) is 4.79 Å². The molecule has 1 saturated heterocycles. The van der Waals surface area contributed by atoms with Crippen molar-refractivity contribution < 1.29 is 14.4 Å². The summed E-state index contributed by atoms with van der Waals surface area (Å²) in [6, 6.07) is 5.60. The van der Waals surface area contributed by atoms with Crippen molar-refractivity contribution in [2.75, 3.05) is 38.6 Å². The standard InChI is InChI=1S/C23H31N3O3/c1-24(2)21(27)17-11-13-25(14-12-17)19-10-6-9-18-20(19)23(29)26(22(18)28)15-16-7-4-3-5-8-16/h6,9-10,16-17H,3-5,7-8,11-15H2,1-2H3. The van der Waals surface area contributed by atoms with Gasteiger partial charge >= 0.3 is 0 Å². The lowest BCUT2D eigenvalue weighted by Gasteiger charge is -2.34. The summed E-state index contributed by atoms with van der Waals surface area (Å²) < 4.78 is 0. The van der Waals surface area contributed by atoms with E-state index in [4.69, 9.17) is 0 Å². The van der Waals surface area contributed by atoms with Gasteiger partial charge < -0.3 is 9.80 Å². The van der Waals surface area contributed by atoms with E-state index >= 15 is 0 Å². The number of piperidine rings is 1. The monoisotopic (exact) mass is 397 g/mol. The maximum Gasteiger partial charge on any atom is 0.263 e. The minimum absolute atomic E-state index is 0.0399. The normalized spacial score (nSPS) is 20.9. The molecule has 0 aromatic heterocycles. The predicted molar refractivity (Wildman–Crippen MR) is 112 cm³/mol. The van der Waals surface area contributed by atoms with Crippen LogP contribution in [0.3, 0.4) is 0 Å². The quantitative estimate of drug-likeness (QED) is 0.732. The number of amides is 3. The van der Waals surface area contributed by atoms with Crippen molar-refractivity contribution in [1.82, 2.24) is 9.80 Å². The van der Waals surface area contributed by atoms with Crippen LogP contribution in [0.2, 0.25) is 0 Å². The molecule has 1 aliphatic carbocycles. The van der Waals surface area contributed by atoms with Gasteiger partial charge in [0.15, 0.2) is 0 Å². The van der Waals surface area contributed by atoms with Crippen molar-refractivity contribution in [1.29, 1.82) is 0 Å². The van der Waals surface area contributed by atoms with E-state index in [1.165, 1.54) is 24.2 Å². The molecule has 0 bridgehead atoms. The van der Waals surface area contributed by atoms with Gasteiger partial charge in [0.25, 0.3) is 11.8 Å². The molecular formula is C23H31N3O3. The molecule has 3 amide bonds. The number of anilines is 1. The van der Waals surface area contributed by atoms with E-state index in [2.05, 4.69) is 4.90 Å². The average Bonchev–Trinajstić information content (AvgIpc) is 2.99. The minimum atomic E-state index is -0.143. The molecule has 2 fully saturated rings. The van der Waals surface area contributed by atoms with Crippen LogP contribution in [0.4, 0.5) is 5.69 Å². The lowest BCUT2D eigenvalue weighted by Crippen LogP contribution is -2.40. The fourth-order valence-electron chi connectivity index (χ4n) is 5.11. The topological polar surface area (TPSA) is 60.9 Å². The largest absolute Gasteiger partial charge is 0.371 e. The zero-order chi connectivity index (χ0) is 20.5. The number of fused-ring (bicyclic) bond motifs is 1. The maximum absolute atomic E-state index is 13.2. The molecule has 1 aromatic carbocycles. The van der Waals surface area contributed by atoms with Gasteiger partial charge in [0, 0.05) is 39.6 Å². The number of carbonyl (C=O) groups is 3. The SMILES string of the molecule is CN(C)C(=O)C1CCN(c2cccc3c2C(=O)N(CC2CCCCC2)C3=O)CC1. The molecule has 0 radical (unpaired) electrons. The van der Waals surface area contributed by atoms with E-state index < -0.39 is 0 Å². The first-order valence-corrected chi connectivity index (χ1v) is 10.9. The van der Waals surface area contributed by atoms with Gasteiger partial charge in [-0.1, -0.05) is 25.3 Å². The molecule has 3 aliphatic rings. The lowest BCUT2D eigenvalue weighted by atomic mass is 9.89. The Kier molecular flexibility index (Phi) is 5.61. The van der Waals surface area contributed by atoms with Gasteiger partial charge in [-0.2, -0.15) is 0 Å². The predicted octanol–water partition coefficient (Wildman–Crippen LogP) is 3.17. The second-order valence-electron chi connectivity index (χ2n) is 8.92. The number of hydrogen-bond acceptors (Lipinski definition) is 4. The molecule has 2 aliphatic heterocycles. The number of hydrogen-bond donors (Lipinski definition) is 0. The molecule has 6 nitrogen and oxygen atoms in total. The van der Waals surface area contributed by atoms with Gasteiger partial charge in [-0.3, -0.25) is 19.3 Å². The highest BCUT2D eigenvalue weighted by Gasteiger charge is 2.40. The Balaban J connectivity index is 1.51. The zero-order valence-electron chi connectivity index (χ0n) is 17.5. The lowest BCUT2D eigenvalue weighted by molar-refractivity contribution is -0.133. The van der Waals surface area contributed by atoms with Crippen LogP contribution in [0.5, 0.6) is 0 Å². The highest BCUT2D eigenvalue weighted by atomic mass is 16.2. The maximum atomic E-state index is 13.2. The fourth-order valence-corrected chi connectivity index (χ4v) is 5.11. The van der Waals surface area contributed by atoms with Crippen LogP contribution in [0.1, 0.15) is 65.7 Å². The summed E-state index contributed by atoms with van der Waals surface area (Å²) in [5.74, 6) is 0.362. The highest BCUT2D eigenvalue weighted by molar-refractivity contribution is 6.23. The number of rotatable bonds is 4. The van der Waals surface area contributed by atoms with Crippen molar-refractivity contribution in [3.63, 3.8) is 0 Å². The van der Waals surface area contributed by atoms with Gasteiger partial charge in [0.2, 0.25) is 5.91 Å². The summed E-state index contributed by atoms with van der Waals surface area (Å²) >= 11 is 0. The summed E-state index contributed by atoms with van der Waals surface area (Å²) in [6.45, 7) is 2.00. The van der Waals surface area contributed by atoms with Crippen LogP contribution in [0.25, 0.3) is 0 Å². The Morgan fingerprint density at radius 2 is 1.69 bits per heavy atom. The molecule has 2 heterocycles. The van der Waals surface area contributed by atoms with E-state index in [0.717, 1.165) is 44.5 Å². The average molecular weight is 398 g/mol. The molecule has 1 saturated carbocycles. The van der Waals surface area contributed by atoms with Crippen LogP contribution in [0, 0.1) is 11.8 Å². The third-order valence-corrected chi connectivity index (χ3v) is 6.77. The van der Waals surface area contributed by atoms with E-state index in [1.54, 1.807) is 25.1 Å². The van der Waals surface area contributed by atoms with Crippen molar-refractivity contribution in [3.8, 4) is 0 Å². The van der Waals surface area contributed by atoms with Gasteiger partial charge in [-0.25, -0.2) is 0 Å². The second kappa shape index (κ2) is 8.17. The van der Waals surface area contributed by atoms with Crippen molar-refractivity contribution in [3.05, 3.63) is 29.3 Å². The smallest absolute Gasteiger partial charge is 0.263 e. The molecule has 156 valence electrons. The third-order valence-electron chi connectivity index (χ3n) is 6.77. The van der Waals surface area contributed by atoms with Crippen LogP contribution in [0.15, 0.2) is 18.2 Å². The summed E-state index contributed by atoms with van der Waals surface area (Å²) in [6.07, 6.45) is 7.40. The van der Waals surface area contributed by atoms with E-state index in [-0.39, 0.29) is 23.6 Å². The Labute approximate surface area is 172 Å². The first kappa shape index (κ1) is 19.9. The number of benzene rings is 1. The molecule has 4 rings (SSSR count). The fraction of sp³-hybridized carbons (Fsp3) is 0.609. The van der Waals surface area contributed by atoms with Gasteiger partial charge in [0.1, 0.15) is 0 Å². The summed E-state index contributed by atoms with van der Waals surface area (Å²) in [5.41, 5.74) is 1.95. The molecule has 29 heavy (non-hydrogen) atoms. The van der Waals surface area contributed by atoms with Crippen LogP contribution >= 0.6 is 0 Å². The van der Waals surface area contributed by atoms with Crippen molar-refractivity contribution in [2.45, 2.75) is 44.9 Å². The van der Waals surface area contributed by atoms with E-state index in [9.17, 15) is 14.4 Å². The second-order valence-corrected chi connectivity index (χ2v) is 8.92. The van der Waals surface area contributed by atoms with E-state index in [1.807, 2.05) is 12.1 Å². The first-order chi connectivity index (χ1) is 14.0. The van der Waals surface area contributed by atoms with Gasteiger partial charge in [-0.05, 0) is 43.7 Å². The van der Waals surface area contributed by atoms with Crippen LogP contribution in [-0.4, -0.2) is 61.3 Å². The van der Waals surface area contributed by atoms with E-state index in [0.29, 0.717) is 23.6 Å². The molecule has 0 N–H and O–H groups in total. The molecule has 1 aromatic rings. The van der Waals surface area contributed by atoms with Crippen molar-refractivity contribution >= 4 is 23.4 Å². The minimum Gasteiger partial charge on any atom is -0.371 e. The molecule has 0 atom stereocenters. The Morgan fingerprint density at radius 3 is 2.34 bits per heavy atom. The zero-order valence-corrected chi connectivity index (χ0v) is 17.5. The molecule has 0 unspecified atom stereocenters. The Bertz CT molecular complexity index is 806. The molecule has 6 heteroatoms. The highest BCUT2D eigenvalue weighted by Crippen LogP contribution is 2.35. The molecular weight excluding hydrogens is 366 g/mol. The summed E-state index contributed by atoms with van der Waals surface area (Å²) in [4.78, 5) is 43.8. The van der Waals surface area contributed by atoms with Gasteiger partial charge in [0.05, 0.1) is 16.8 Å². The molecule has 0 spiro atoms. The van der Waals surface area contributed by atoms with Crippen LogP contribution < -0.4 is 4.90 Å². The summed E-state index contributed by atoms with van der Waals surface area (Å²) in [7, 11) is 3.59. The first-order valence-electron chi connectivity index (χ1n) is 10.9. The number of nitrogens with zero attached hydrogens (tertiary/aromatic N) is 3.